The maximum atomic E-state index is 13.5. The molecule has 3 aromatic rings. The molecule has 0 radical (unpaired) electrons. The SMILES string of the molecule is Cn1c(=O)n(Cc2ccc(Cl)c(Cl)c2)c(=O)c2c1nc(NC1CCCC(C(=O)O)C1)n2CC(N)=O. The van der Waals surface area contributed by atoms with Crippen LogP contribution in [0.1, 0.15) is 31.2 Å². The molecule has 1 aliphatic rings. The van der Waals surface area contributed by atoms with Crippen molar-refractivity contribution in [3.8, 4) is 0 Å². The first-order valence-corrected chi connectivity index (χ1v) is 11.7. The molecule has 35 heavy (non-hydrogen) atoms. The lowest BCUT2D eigenvalue weighted by Gasteiger charge is -2.27. The maximum Gasteiger partial charge on any atom is 0.332 e. The Labute approximate surface area is 209 Å². The van der Waals surface area contributed by atoms with Crippen LogP contribution in [0, 0.1) is 5.92 Å². The van der Waals surface area contributed by atoms with Crippen LogP contribution in [-0.2, 0) is 29.7 Å². The number of fused-ring (bicyclic) bond motifs is 1. The van der Waals surface area contributed by atoms with Gasteiger partial charge in [0.2, 0.25) is 11.9 Å². The molecule has 11 nitrogen and oxygen atoms in total. The molecular formula is C22H24Cl2N6O5. The monoisotopic (exact) mass is 522 g/mol. The molecule has 13 heteroatoms. The van der Waals surface area contributed by atoms with Gasteiger partial charge in [-0.2, -0.15) is 4.98 Å². The Morgan fingerprint density at radius 3 is 2.60 bits per heavy atom. The molecule has 4 N–H and O–H groups in total. The standard InChI is InChI=1S/C22H24Cl2N6O5/c1-28-18-17(19(32)30(22(28)35)9-11-5-6-14(23)15(24)7-11)29(10-16(25)31)21(27-18)26-13-4-2-3-12(8-13)20(33)34/h5-7,12-13H,2-4,8-10H2,1H3,(H2,25,31)(H,26,27)(H,33,34). The highest BCUT2D eigenvalue weighted by atomic mass is 35.5. The maximum absolute atomic E-state index is 13.5. The van der Waals surface area contributed by atoms with E-state index in [1.54, 1.807) is 18.2 Å². The fraction of sp³-hybridized carbons (Fsp3) is 0.409. The Hall–Kier alpha value is -3.31. The number of primary amides is 1. The molecule has 1 amide bonds. The molecule has 1 fully saturated rings. The van der Waals surface area contributed by atoms with Gasteiger partial charge in [-0.25, -0.2) is 4.79 Å². The number of aliphatic carboxylic acids is 1. The first-order chi connectivity index (χ1) is 16.6. The minimum absolute atomic E-state index is 0.0269. The highest BCUT2D eigenvalue weighted by Gasteiger charge is 2.29. The van der Waals surface area contributed by atoms with Crippen molar-refractivity contribution in [3.05, 3.63) is 54.6 Å². The van der Waals surface area contributed by atoms with E-state index in [1.165, 1.54) is 16.2 Å². The number of carboxylic acids is 1. The van der Waals surface area contributed by atoms with Gasteiger partial charge < -0.3 is 16.2 Å². The number of aromatic nitrogens is 4. The Balaban J connectivity index is 1.81. The lowest BCUT2D eigenvalue weighted by molar-refractivity contribution is -0.142. The van der Waals surface area contributed by atoms with Gasteiger partial charge in [-0.15, -0.1) is 0 Å². The van der Waals surface area contributed by atoms with Crippen LogP contribution in [0.4, 0.5) is 5.95 Å². The fourth-order valence-electron chi connectivity index (χ4n) is 4.48. The first-order valence-electron chi connectivity index (χ1n) is 11.0. The van der Waals surface area contributed by atoms with Crippen molar-refractivity contribution >= 4 is 52.2 Å². The number of hydrogen-bond acceptors (Lipinski definition) is 6. The second kappa shape index (κ2) is 9.74. The zero-order valence-electron chi connectivity index (χ0n) is 18.8. The van der Waals surface area contributed by atoms with Crippen molar-refractivity contribution in [1.82, 2.24) is 18.7 Å². The van der Waals surface area contributed by atoms with E-state index in [-0.39, 0.29) is 41.3 Å². The number of imidazole rings is 1. The average molecular weight is 523 g/mol. The summed E-state index contributed by atoms with van der Waals surface area (Å²) in [4.78, 5) is 54.3. The number of carbonyl (C=O) groups is 2. The van der Waals surface area contributed by atoms with Crippen LogP contribution in [0.2, 0.25) is 10.0 Å². The van der Waals surface area contributed by atoms with E-state index in [0.717, 1.165) is 4.57 Å². The smallest absolute Gasteiger partial charge is 0.332 e. The number of nitrogens with zero attached hydrogens (tertiary/aromatic N) is 4. The summed E-state index contributed by atoms with van der Waals surface area (Å²) in [6, 6.07) is 4.56. The van der Waals surface area contributed by atoms with E-state index < -0.39 is 29.0 Å². The van der Waals surface area contributed by atoms with Gasteiger partial charge in [0.25, 0.3) is 5.56 Å². The molecule has 2 heterocycles. The fourth-order valence-corrected chi connectivity index (χ4v) is 4.80. The number of rotatable bonds is 7. The van der Waals surface area contributed by atoms with Crippen molar-refractivity contribution in [2.24, 2.45) is 18.7 Å². The first kappa shape index (κ1) is 24.8. The molecule has 186 valence electrons. The molecular weight excluding hydrogens is 499 g/mol. The number of aryl methyl sites for hydroxylation is 1. The van der Waals surface area contributed by atoms with E-state index >= 15 is 0 Å². The van der Waals surface area contributed by atoms with Crippen LogP contribution >= 0.6 is 23.2 Å². The summed E-state index contributed by atoms with van der Waals surface area (Å²) >= 11 is 12.0. The van der Waals surface area contributed by atoms with Crippen LogP contribution in [0.3, 0.4) is 0 Å². The van der Waals surface area contributed by atoms with E-state index in [4.69, 9.17) is 28.9 Å². The summed E-state index contributed by atoms with van der Waals surface area (Å²) in [6.07, 6.45) is 2.36. The van der Waals surface area contributed by atoms with Crippen molar-refractivity contribution in [3.63, 3.8) is 0 Å². The molecule has 1 saturated carbocycles. The topological polar surface area (TPSA) is 154 Å². The minimum Gasteiger partial charge on any atom is -0.481 e. The molecule has 0 saturated heterocycles. The van der Waals surface area contributed by atoms with Crippen LogP contribution in [0.5, 0.6) is 0 Å². The molecule has 0 aliphatic heterocycles. The van der Waals surface area contributed by atoms with Crippen molar-refractivity contribution in [2.75, 3.05) is 5.32 Å². The van der Waals surface area contributed by atoms with Crippen molar-refractivity contribution in [2.45, 2.75) is 44.8 Å². The molecule has 2 aromatic heterocycles. The van der Waals surface area contributed by atoms with E-state index in [2.05, 4.69) is 10.3 Å². The molecule has 1 aromatic carbocycles. The Bertz CT molecular complexity index is 1440. The number of nitrogens with two attached hydrogens (primary N) is 1. The third-order valence-electron chi connectivity index (χ3n) is 6.23. The number of amides is 1. The number of benzene rings is 1. The van der Waals surface area contributed by atoms with Gasteiger partial charge >= 0.3 is 11.7 Å². The minimum atomic E-state index is -0.866. The van der Waals surface area contributed by atoms with Crippen LogP contribution in [-0.4, -0.2) is 41.7 Å². The van der Waals surface area contributed by atoms with E-state index in [1.807, 2.05) is 0 Å². The van der Waals surface area contributed by atoms with Crippen molar-refractivity contribution in [1.29, 1.82) is 0 Å². The average Bonchev–Trinajstić information content (AvgIpc) is 3.15. The number of carbonyl (C=O) groups excluding carboxylic acids is 1. The van der Waals surface area contributed by atoms with E-state index in [9.17, 15) is 24.3 Å². The Morgan fingerprint density at radius 2 is 1.94 bits per heavy atom. The molecule has 2 atom stereocenters. The summed E-state index contributed by atoms with van der Waals surface area (Å²) in [5.74, 6) is -1.89. The number of nitrogens with one attached hydrogen (secondary N) is 1. The Kier molecular flexibility index (Phi) is 6.91. The lowest BCUT2D eigenvalue weighted by Crippen LogP contribution is -2.40. The summed E-state index contributed by atoms with van der Waals surface area (Å²) < 4.78 is 3.58. The van der Waals surface area contributed by atoms with E-state index in [0.29, 0.717) is 36.3 Å². The lowest BCUT2D eigenvalue weighted by atomic mass is 9.86. The molecule has 0 bridgehead atoms. The molecule has 2 unspecified atom stereocenters. The Morgan fingerprint density at radius 1 is 1.20 bits per heavy atom. The largest absolute Gasteiger partial charge is 0.481 e. The van der Waals surface area contributed by atoms with Gasteiger partial charge in [0.15, 0.2) is 11.2 Å². The van der Waals surface area contributed by atoms with Crippen molar-refractivity contribution < 1.29 is 14.7 Å². The molecule has 4 rings (SSSR count). The molecule has 0 spiro atoms. The predicted molar refractivity (Wildman–Crippen MR) is 131 cm³/mol. The summed E-state index contributed by atoms with van der Waals surface area (Å²) in [6.45, 7) is -0.431. The van der Waals surface area contributed by atoms with Gasteiger partial charge in [0.05, 0.1) is 22.5 Å². The quantitative estimate of drug-likeness (QED) is 0.427. The second-order valence-electron chi connectivity index (χ2n) is 8.68. The van der Waals surface area contributed by atoms with Crippen LogP contribution in [0.15, 0.2) is 27.8 Å². The number of halogens is 2. The van der Waals surface area contributed by atoms with Gasteiger partial charge in [0, 0.05) is 13.1 Å². The summed E-state index contributed by atoms with van der Waals surface area (Å²) in [5, 5.41) is 13.2. The zero-order valence-corrected chi connectivity index (χ0v) is 20.3. The number of carboxylic acid groups (broad SMARTS) is 1. The number of anilines is 1. The summed E-state index contributed by atoms with van der Waals surface area (Å²) in [5.41, 5.74) is 4.89. The van der Waals surface area contributed by atoms with Gasteiger partial charge in [-0.3, -0.25) is 28.1 Å². The second-order valence-corrected chi connectivity index (χ2v) is 9.50. The summed E-state index contributed by atoms with van der Waals surface area (Å²) in [7, 11) is 1.47. The van der Waals surface area contributed by atoms with Gasteiger partial charge in [-0.05, 0) is 37.0 Å². The predicted octanol–water partition coefficient (Wildman–Crippen LogP) is 1.79. The number of hydrogen-bond donors (Lipinski definition) is 3. The van der Waals surface area contributed by atoms with Gasteiger partial charge in [0.1, 0.15) is 6.54 Å². The molecule has 1 aliphatic carbocycles. The third kappa shape index (κ3) is 4.92. The van der Waals surface area contributed by atoms with Gasteiger partial charge in [-0.1, -0.05) is 35.7 Å². The van der Waals surface area contributed by atoms with Crippen LogP contribution < -0.4 is 22.3 Å². The van der Waals surface area contributed by atoms with Crippen LogP contribution in [0.25, 0.3) is 11.2 Å². The highest BCUT2D eigenvalue weighted by molar-refractivity contribution is 6.42. The third-order valence-corrected chi connectivity index (χ3v) is 6.97. The normalized spacial score (nSPS) is 18.0. The highest BCUT2D eigenvalue weighted by Crippen LogP contribution is 2.28. The zero-order chi connectivity index (χ0) is 25.4.